The van der Waals surface area contributed by atoms with Crippen molar-refractivity contribution in [1.82, 2.24) is 15.1 Å². The van der Waals surface area contributed by atoms with Crippen molar-refractivity contribution >= 4 is 28.9 Å². The summed E-state index contributed by atoms with van der Waals surface area (Å²) in [7, 11) is 0. The number of pyridine rings is 1. The molecule has 0 atom stereocenters. The Labute approximate surface area is 124 Å². The first-order valence-corrected chi connectivity index (χ1v) is 6.41. The lowest BCUT2D eigenvalue weighted by Gasteiger charge is -1.98. The van der Waals surface area contributed by atoms with Gasteiger partial charge < -0.3 is 10.3 Å². The van der Waals surface area contributed by atoms with Gasteiger partial charge in [-0.15, -0.1) is 0 Å². The molecule has 5 nitrogen and oxygen atoms in total. The summed E-state index contributed by atoms with van der Waals surface area (Å²) in [6.45, 7) is 0. The quantitative estimate of drug-likeness (QED) is 0.731. The summed E-state index contributed by atoms with van der Waals surface area (Å²) in [5.41, 5.74) is 7.48. The molecule has 3 rings (SSSR count). The number of nitrogens with two attached hydrogens (primary N) is 1. The van der Waals surface area contributed by atoms with Gasteiger partial charge in [-0.3, -0.25) is 0 Å². The topological polar surface area (TPSA) is 77.8 Å². The summed E-state index contributed by atoms with van der Waals surface area (Å²) in [6.07, 6.45) is 1.47. The van der Waals surface area contributed by atoms with Crippen LogP contribution in [-0.4, -0.2) is 15.1 Å². The number of para-hydroxylation sites is 1. The predicted octanol–water partition coefficient (Wildman–Crippen LogP) is 3.69. The highest BCUT2D eigenvalue weighted by atomic mass is 35.5. The molecule has 0 aliphatic rings. The largest absolute Gasteiger partial charge is 0.398 e. The molecular formula is C13H8Cl2N4O. The highest BCUT2D eigenvalue weighted by molar-refractivity contribution is 6.35. The van der Waals surface area contributed by atoms with E-state index in [1.165, 1.54) is 6.20 Å². The van der Waals surface area contributed by atoms with Crippen LogP contribution in [0.5, 0.6) is 0 Å². The minimum atomic E-state index is 0.282. The maximum absolute atomic E-state index is 6.06. The number of hydrogen-bond donors (Lipinski definition) is 1. The summed E-state index contributed by atoms with van der Waals surface area (Å²) in [4.78, 5) is 8.35. The third-order valence-electron chi connectivity index (χ3n) is 2.64. The Morgan fingerprint density at radius 3 is 2.70 bits per heavy atom. The second-order valence-electron chi connectivity index (χ2n) is 3.99. The van der Waals surface area contributed by atoms with E-state index in [1.807, 2.05) is 12.1 Å². The fraction of sp³-hybridized carbons (Fsp3) is 0. The number of aromatic nitrogens is 3. The number of nitrogens with zero attached hydrogens (tertiary/aromatic N) is 3. The standard InChI is InChI=1S/C13H8Cl2N4O/c14-7-5-9(15)11(17-6-7)12-18-13(20-19-12)8-3-1-2-4-10(8)16/h1-6H,16H2. The molecule has 0 fully saturated rings. The number of anilines is 1. The first kappa shape index (κ1) is 12.9. The fourth-order valence-corrected chi connectivity index (χ4v) is 2.16. The van der Waals surface area contributed by atoms with Crippen molar-refractivity contribution in [3.05, 3.63) is 46.6 Å². The zero-order chi connectivity index (χ0) is 14.1. The second-order valence-corrected chi connectivity index (χ2v) is 4.84. The molecule has 20 heavy (non-hydrogen) atoms. The van der Waals surface area contributed by atoms with Gasteiger partial charge in [-0.1, -0.05) is 40.5 Å². The molecule has 100 valence electrons. The first-order valence-electron chi connectivity index (χ1n) is 5.65. The van der Waals surface area contributed by atoms with Crippen LogP contribution in [0.1, 0.15) is 0 Å². The highest BCUT2D eigenvalue weighted by Gasteiger charge is 2.16. The number of halogens is 2. The molecule has 0 unspecified atom stereocenters. The predicted molar refractivity (Wildman–Crippen MR) is 77.4 cm³/mol. The van der Waals surface area contributed by atoms with E-state index in [0.717, 1.165) is 0 Å². The zero-order valence-electron chi connectivity index (χ0n) is 10.0. The Kier molecular flexibility index (Phi) is 3.30. The van der Waals surface area contributed by atoms with Gasteiger partial charge in [0.2, 0.25) is 5.82 Å². The number of benzene rings is 1. The van der Waals surface area contributed by atoms with Crippen molar-refractivity contribution in [3.63, 3.8) is 0 Å². The molecule has 2 heterocycles. The minimum absolute atomic E-state index is 0.282. The minimum Gasteiger partial charge on any atom is -0.398 e. The van der Waals surface area contributed by atoms with Crippen molar-refractivity contribution in [3.8, 4) is 23.0 Å². The lowest BCUT2D eigenvalue weighted by molar-refractivity contribution is 0.432. The number of hydrogen-bond acceptors (Lipinski definition) is 5. The van der Waals surface area contributed by atoms with Crippen LogP contribution in [0, 0.1) is 0 Å². The van der Waals surface area contributed by atoms with E-state index >= 15 is 0 Å². The molecule has 0 amide bonds. The third-order valence-corrected chi connectivity index (χ3v) is 3.13. The molecule has 0 aliphatic carbocycles. The van der Waals surface area contributed by atoms with Gasteiger partial charge in [-0.05, 0) is 18.2 Å². The number of nitrogen functional groups attached to an aromatic ring is 1. The summed E-state index contributed by atoms with van der Waals surface area (Å²) in [6, 6.07) is 8.78. The van der Waals surface area contributed by atoms with E-state index in [0.29, 0.717) is 32.9 Å². The Balaban J connectivity index is 2.04. The van der Waals surface area contributed by atoms with Gasteiger partial charge in [-0.25, -0.2) is 4.98 Å². The first-order chi connectivity index (χ1) is 9.65. The van der Waals surface area contributed by atoms with E-state index in [1.54, 1.807) is 18.2 Å². The summed E-state index contributed by atoms with van der Waals surface area (Å²) in [5.74, 6) is 0.593. The van der Waals surface area contributed by atoms with Crippen LogP contribution in [0.3, 0.4) is 0 Å². The number of rotatable bonds is 2. The van der Waals surface area contributed by atoms with Crippen LogP contribution >= 0.6 is 23.2 Å². The summed E-state index contributed by atoms with van der Waals surface area (Å²) in [5, 5.41) is 4.66. The Hall–Kier alpha value is -2.11. The maximum atomic E-state index is 6.06. The lowest BCUT2D eigenvalue weighted by Crippen LogP contribution is -1.90. The van der Waals surface area contributed by atoms with Gasteiger partial charge in [0.25, 0.3) is 5.89 Å². The van der Waals surface area contributed by atoms with Crippen molar-refractivity contribution in [2.45, 2.75) is 0 Å². The average molecular weight is 307 g/mol. The van der Waals surface area contributed by atoms with Crippen LogP contribution in [-0.2, 0) is 0 Å². The summed E-state index contributed by atoms with van der Waals surface area (Å²) < 4.78 is 5.20. The maximum Gasteiger partial charge on any atom is 0.260 e. The molecule has 0 saturated heterocycles. The Morgan fingerprint density at radius 2 is 1.95 bits per heavy atom. The molecule has 7 heteroatoms. The van der Waals surface area contributed by atoms with E-state index in [-0.39, 0.29) is 5.82 Å². The highest BCUT2D eigenvalue weighted by Crippen LogP contribution is 2.29. The SMILES string of the molecule is Nc1ccccc1-c1nc(-c2ncc(Cl)cc2Cl)no1. The van der Waals surface area contributed by atoms with Crippen LogP contribution < -0.4 is 5.73 Å². The van der Waals surface area contributed by atoms with Crippen molar-refractivity contribution < 1.29 is 4.52 Å². The van der Waals surface area contributed by atoms with Gasteiger partial charge in [0.1, 0.15) is 5.69 Å². The van der Waals surface area contributed by atoms with Crippen LogP contribution in [0.25, 0.3) is 23.0 Å². The smallest absolute Gasteiger partial charge is 0.260 e. The average Bonchev–Trinajstić information content (AvgIpc) is 2.88. The van der Waals surface area contributed by atoms with Gasteiger partial charge in [0.05, 0.1) is 15.6 Å². The van der Waals surface area contributed by atoms with Crippen molar-refractivity contribution in [1.29, 1.82) is 0 Å². The fourth-order valence-electron chi connectivity index (χ4n) is 1.70. The molecule has 1 aromatic carbocycles. The molecule has 2 N–H and O–H groups in total. The second kappa shape index (κ2) is 5.11. The van der Waals surface area contributed by atoms with Gasteiger partial charge in [-0.2, -0.15) is 4.98 Å². The van der Waals surface area contributed by atoms with Crippen LogP contribution in [0.2, 0.25) is 10.0 Å². The lowest BCUT2D eigenvalue weighted by atomic mass is 10.2. The Morgan fingerprint density at radius 1 is 1.15 bits per heavy atom. The van der Waals surface area contributed by atoms with E-state index < -0.39 is 0 Å². The van der Waals surface area contributed by atoms with Crippen molar-refractivity contribution in [2.75, 3.05) is 5.73 Å². The van der Waals surface area contributed by atoms with Crippen LogP contribution in [0.15, 0.2) is 41.1 Å². The molecule has 0 saturated carbocycles. The molecule has 2 aromatic heterocycles. The van der Waals surface area contributed by atoms with Gasteiger partial charge in [0.15, 0.2) is 0 Å². The van der Waals surface area contributed by atoms with E-state index in [4.69, 9.17) is 33.5 Å². The zero-order valence-corrected chi connectivity index (χ0v) is 11.6. The normalized spacial score (nSPS) is 10.7. The molecule has 0 spiro atoms. The third kappa shape index (κ3) is 2.33. The van der Waals surface area contributed by atoms with Crippen LogP contribution in [0.4, 0.5) is 5.69 Å². The van der Waals surface area contributed by atoms with Crippen molar-refractivity contribution in [2.24, 2.45) is 0 Å². The van der Waals surface area contributed by atoms with E-state index in [9.17, 15) is 0 Å². The molecule has 0 aliphatic heterocycles. The molecule has 0 radical (unpaired) electrons. The molecular weight excluding hydrogens is 299 g/mol. The summed E-state index contributed by atoms with van der Waals surface area (Å²) >= 11 is 11.9. The molecule has 0 bridgehead atoms. The molecule has 3 aromatic rings. The Bertz CT molecular complexity index is 773. The monoisotopic (exact) mass is 306 g/mol. The van der Waals surface area contributed by atoms with Gasteiger partial charge >= 0.3 is 0 Å². The van der Waals surface area contributed by atoms with Gasteiger partial charge in [0, 0.05) is 11.9 Å². The van der Waals surface area contributed by atoms with E-state index in [2.05, 4.69) is 15.1 Å².